The maximum atomic E-state index is 13.4. The predicted molar refractivity (Wildman–Crippen MR) is 206 cm³/mol. The zero-order valence-corrected chi connectivity index (χ0v) is 32.0. The van der Waals surface area contributed by atoms with Gasteiger partial charge in [0, 0.05) is 44.1 Å². The molecule has 3 rings (SSSR count). The first kappa shape index (κ1) is 42.7. The fourth-order valence-electron chi connectivity index (χ4n) is 5.55. The summed E-state index contributed by atoms with van der Waals surface area (Å²) in [5.74, 6) is -1.81. The minimum absolute atomic E-state index is 0.147. The summed E-state index contributed by atoms with van der Waals surface area (Å²) in [5.41, 5.74) is 2.00. The molecule has 0 bridgehead atoms. The summed E-state index contributed by atoms with van der Waals surface area (Å²) in [7, 11) is 0. The van der Waals surface area contributed by atoms with E-state index in [2.05, 4.69) is 26.6 Å². The highest BCUT2D eigenvalue weighted by atomic mass is 16.5. The number of ether oxygens (including phenoxy) is 1. The van der Waals surface area contributed by atoms with Crippen molar-refractivity contribution >= 4 is 41.2 Å². The molecule has 0 saturated heterocycles. The van der Waals surface area contributed by atoms with Crippen LogP contribution in [0.3, 0.4) is 0 Å². The second kappa shape index (κ2) is 19.9. The number of aromatic carboxylic acids is 1. The van der Waals surface area contributed by atoms with E-state index in [1.807, 2.05) is 52.8 Å². The predicted octanol–water partition coefficient (Wildman–Crippen LogP) is 4.85. The van der Waals surface area contributed by atoms with Gasteiger partial charge in [0.25, 0.3) is 5.91 Å². The van der Waals surface area contributed by atoms with Crippen LogP contribution < -0.4 is 31.3 Å². The fraction of sp³-hybridized carbons (Fsp3) is 0.415. The number of carboxylic acid groups (broad SMARTS) is 1. The first-order chi connectivity index (χ1) is 25.4. The lowest BCUT2D eigenvalue weighted by atomic mass is 9.85. The third-order valence-electron chi connectivity index (χ3n) is 8.20. The molecule has 13 nitrogen and oxygen atoms in total. The average Bonchev–Trinajstić information content (AvgIpc) is 3.09. The lowest BCUT2D eigenvalue weighted by molar-refractivity contribution is -0.126. The zero-order valence-electron chi connectivity index (χ0n) is 32.0. The molecule has 0 fully saturated rings. The Hall–Kier alpha value is -5.72. The lowest BCUT2D eigenvalue weighted by Crippen LogP contribution is -2.45. The Bertz CT molecular complexity index is 1770. The van der Waals surface area contributed by atoms with Crippen LogP contribution in [0.15, 0.2) is 72.8 Å². The smallest absolute Gasteiger partial charge is 0.335 e. The molecule has 0 radical (unpaired) electrons. The molecule has 0 spiro atoms. The molecule has 3 aromatic carbocycles. The SMILES string of the molecule is CC(=O)NCc1cccc(C(=O)N[C@@H](CC(C)(C)C)C(=O)Nc2ccc(CCNC(=O)CC(C)(C)CC(=O)NCCOc3ccc(C(=O)O)cc3)cc2)c1. The van der Waals surface area contributed by atoms with E-state index in [1.165, 1.54) is 19.1 Å². The third kappa shape index (κ3) is 15.9. The second-order valence-corrected chi connectivity index (χ2v) is 15.2. The number of rotatable bonds is 19. The normalized spacial score (nSPS) is 11.8. The fourth-order valence-corrected chi connectivity index (χ4v) is 5.55. The lowest BCUT2D eigenvalue weighted by Gasteiger charge is -2.26. The molecule has 0 aliphatic rings. The maximum absolute atomic E-state index is 13.4. The number of nitrogens with one attached hydrogen (secondary N) is 5. The second-order valence-electron chi connectivity index (χ2n) is 15.2. The molecule has 3 aromatic rings. The summed E-state index contributed by atoms with van der Waals surface area (Å²) in [4.78, 5) is 74.0. The van der Waals surface area contributed by atoms with E-state index in [0.29, 0.717) is 42.9 Å². The van der Waals surface area contributed by atoms with Crippen molar-refractivity contribution in [3.63, 3.8) is 0 Å². The van der Waals surface area contributed by atoms with Crippen LogP contribution in [0.5, 0.6) is 5.75 Å². The van der Waals surface area contributed by atoms with Crippen LogP contribution in [0.1, 0.15) is 92.6 Å². The van der Waals surface area contributed by atoms with Crippen molar-refractivity contribution in [2.24, 2.45) is 10.8 Å². The van der Waals surface area contributed by atoms with Crippen molar-refractivity contribution in [2.45, 2.75) is 79.8 Å². The molecular weight excluding hydrogens is 690 g/mol. The van der Waals surface area contributed by atoms with Gasteiger partial charge < -0.3 is 36.4 Å². The molecule has 13 heteroatoms. The maximum Gasteiger partial charge on any atom is 0.335 e. The number of carbonyl (C=O) groups is 6. The summed E-state index contributed by atoms with van der Waals surface area (Å²) in [6, 6.07) is 19.4. The topological polar surface area (TPSA) is 192 Å². The van der Waals surface area contributed by atoms with Crippen molar-refractivity contribution in [1.82, 2.24) is 21.3 Å². The number of hydrogen-bond donors (Lipinski definition) is 6. The van der Waals surface area contributed by atoms with Crippen molar-refractivity contribution in [2.75, 3.05) is 25.0 Å². The zero-order chi connectivity index (χ0) is 39.9. The molecular formula is C41H53N5O8. The quantitative estimate of drug-likeness (QED) is 0.0939. The number of hydrogen-bond acceptors (Lipinski definition) is 7. The van der Waals surface area contributed by atoms with Crippen LogP contribution in [0.4, 0.5) is 5.69 Å². The van der Waals surface area contributed by atoms with Crippen LogP contribution >= 0.6 is 0 Å². The number of benzene rings is 3. The molecule has 0 aliphatic carbocycles. The van der Waals surface area contributed by atoms with Gasteiger partial charge in [-0.1, -0.05) is 58.9 Å². The average molecular weight is 744 g/mol. The molecule has 290 valence electrons. The Morgan fingerprint density at radius 1 is 0.741 bits per heavy atom. The van der Waals surface area contributed by atoms with E-state index in [1.54, 1.807) is 42.5 Å². The van der Waals surface area contributed by atoms with Gasteiger partial charge >= 0.3 is 5.97 Å². The summed E-state index contributed by atoms with van der Waals surface area (Å²) in [6.45, 7) is 12.3. The van der Waals surface area contributed by atoms with Crippen molar-refractivity contribution < 1.29 is 38.6 Å². The number of anilines is 1. The van der Waals surface area contributed by atoms with Gasteiger partial charge in [-0.2, -0.15) is 0 Å². The molecule has 0 aliphatic heterocycles. The molecule has 5 amide bonds. The van der Waals surface area contributed by atoms with Gasteiger partial charge in [0.05, 0.1) is 12.1 Å². The van der Waals surface area contributed by atoms with Crippen LogP contribution in [0, 0.1) is 10.8 Å². The summed E-state index contributed by atoms with van der Waals surface area (Å²) >= 11 is 0. The Labute approximate surface area is 317 Å². The summed E-state index contributed by atoms with van der Waals surface area (Å²) < 4.78 is 5.54. The highest BCUT2D eigenvalue weighted by Gasteiger charge is 2.28. The van der Waals surface area contributed by atoms with Gasteiger partial charge in [-0.3, -0.25) is 24.0 Å². The van der Waals surface area contributed by atoms with Gasteiger partial charge in [0.2, 0.25) is 23.6 Å². The van der Waals surface area contributed by atoms with Gasteiger partial charge in [-0.25, -0.2) is 4.79 Å². The molecule has 6 N–H and O–H groups in total. The standard InChI is InChI=1S/C41H53N5O8/c1-27(47)44-26-29-8-7-9-31(22-29)37(50)46-34(23-40(2,3)4)38(51)45-32-14-10-28(11-15-32)18-19-42-35(48)24-41(5,6)25-36(49)43-20-21-54-33-16-12-30(13-17-33)39(52)53/h7-17,22,34H,18-21,23-26H2,1-6H3,(H,42,48)(H,43,49)(H,44,47)(H,45,51)(H,46,50)(H,52,53)/t34-/m0/s1. The number of carboxylic acids is 1. The largest absolute Gasteiger partial charge is 0.492 e. The highest BCUT2D eigenvalue weighted by molar-refractivity contribution is 6.01. The molecule has 0 unspecified atom stereocenters. The monoisotopic (exact) mass is 743 g/mol. The summed E-state index contributed by atoms with van der Waals surface area (Å²) in [5, 5.41) is 23.2. The molecule has 1 atom stereocenters. The van der Waals surface area contributed by atoms with E-state index >= 15 is 0 Å². The van der Waals surface area contributed by atoms with Gasteiger partial charge in [-0.15, -0.1) is 0 Å². The third-order valence-corrected chi connectivity index (χ3v) is 8.20. The Morgan fingerprint density at radius 3 is 1.96 bits per heavy atom. The van der Waals surface area contributed by atoms with Gasteiger partial charge in [-0.05, 0) is 83.3 Å². The Kier molecular flexibility index (Phi) is 15.8. The summed E-state index contributed by atoms with van der Waals surface area (Å²) in [6.07, 6.45) is 1.27. The minimum atomic E-state index is -1.02. The first-order valence-electron chi connectivity index (χ1n) is 17.9. The van der Waals surface area contributed by atoms with Crippen LogP contribution in [-0.4, -0.2) is 66.3 Å². The van der Waals surface area contributed by atoms with E-state index in [9.17, 15) is 28.8 Å². The van der Waals surface area contributed by atoms with Crippen molar-refractivity contribution in [3.05, 3.63) is 95.1 Å². The highest BCUT2D eigenvalue weighted by Crippen LogP contribution is 2.25. The Morgan fingerprint density at radius 2 is 1.37 bits per heavy atom. The van der Waals surface area contributed by atoms with Crippen LogP contribution in [0.25, 0.3) is 0 Å². The van der Waals surface area contributed by atoms with E-state index in [4.69, 9.17) is 9.84 Å². The van der Waals surface area contributed by atoms with E-state index < -0.39 is 17.4 Å². The van der Waals surface area contributed by atoms with Gasteiger partial charge in [0.15, 0.2) is 0 Å². The molecule has 54 heavy (non-hydrogen) atoms. The van der Waals surface area contributed by atoms with Crippen LogP contribution in [-0.2, 0) is 32.1 Å². The van der Waals surface area contributed by atoms with Crippen LogP contribution in [0.2, 0.25) is 0 Å². The van der Waals surface area contributed by atoms with Gasteiger partial charge in [0.1, 0.15) is 18.4 Å². The van der Waals surface area contributed by atoms with E-state index in [0.717, 1.165) is 11.1 Å². The number of carbonyl (C=O) groups excluding carboxylic acids is 5. The molecule has 0 heterocycles. The van der Waals surface area contributed by atoms with Crippen molar-refractivity contribution in [1.29, 1.82) is 0 Å². The van der Waals surface area contributed by atoms with Crippen molar-refractivity contribution in [3.8, 4) is 5.75 Å². The van der Waals surface area contributed by atoms with E-state index in [-0.39, 0.29) is 66.5 Å². The Balaban J connectivity index is 1.42. The molecule has 0 aromatic heterocycles. The first-order valence-corrected chi connectivity index (χ1v) is 17.9. The number of amides is 5. The molecule has 0 saturated carbocycles. The minimum Gasteiger partial charge on any atom is -0.492 e.